The fraction of sp³-hybridized carbons (Fsp3) is 0.562. The molecule has 0 saturated carbocycles. The van der Waals surface area contributed by atoms with E-state index in [9.17, 15) is 4.79 Å². The summed E-state index contributed by atoms with van der Waals surface area (Å²) in [6.07, 6.45) is 1.61. The van der Waals surface area contributed by atoms with Gasteiger partial charge < -0.3 is 15.5 Å². The molecule has 3 rings (SSSR count). The first kappa shape index (κ1) is 21.9. The molecule has 9 heteroatoms. The van der Waals surface area contributed by atoms with E-state index in [0.717, 1.165) is 29.1 Å². The Kier molecular flexibility index (Phi) is 7.43. The topological polar surface area (TPSA) is 75.4 Å². The first-order valence-corrected chi connectivity index (χ1v) is 8.73. The molecule has 1 saturated heterocycles. The van der Waals surface area contributed by atoms with E-state index in [1.165, 1.54) is 0 Å². The van der Waals surface area contributed by atoms with Crippen molar-refractivity contribution in [2.45, 2.75) is 26.8 Å². The van der Waals surface area contributed by atoms with Crippen molar-refractivity contribution in [2.24, 2.45) is 11.1 Å². The molecule has 1 atom stereocenters. The molecule has 0 unspecified atom stereocenters. The van der Waals surface area contributed by atoms with Crippen molar-refractivity contribution in [3.05, 3.63) is 17.8 Å². The summed E-state index contributed by atoms with van der Waals surface area (Å²) in [5.74, 6) is 1.00. The van der Waals surface area contributed by atoms with E-state index in [0.29, 0.717) is 13.1 Å². The normalized spacial score (nSPS) is 16.2. The second-order valence-corrected chi connectivity index (χ2v) is 7.89. The Labute approximate surface area is 164 Å². The van der Waals surface area contributed by atoms with Gasteiger partial charge in [-0.25, -0.2) is 9.97 Å². The Balaban J connectivity index is 0.00000156. The molecule has 2 aromatic rings. The van der Waals surface area contributed by atoms with Crippen molar-refractivity contribution in [1.29, 1.82) is 0 Å². The molecule has 0 bridgehead atoms. The summed E-state index contributed by atoms with van der Waals surface area (Å²) < 4.78 is 0. The van der Waals surface area contributed by atoms with Crippen molar-refractivity contribution >= 4 is 58.1 Å². The molecular formula is C16H25Cl2N5OS. The van der Waals surface area contributed by atoms with E-state index in [1.807, 2.05) is 31.1 Å². The third-order valence-corrected chi connectivity index (χ3v) is 5.15. The number of amides is 1. The van der Waals surface area contributed by atoms with Crippen LogP contribution >= 0.6 is 36.2 Å². The van der Waals surface area contributed by atoms with E-state index in [1.54, 1.807) is 17.7 Å². The van der Waals surface area contributed by atoms with Gasteiger partial charge in [0, 0.05) is 26.2 Å². The summed E-state index contributed by atoms with van der Waals surface area (Å²) in [6.45, 7) is 8.89. The van der Waals surface area contributed by atoms with Crippen LogP contribution in [0, 0.1) is 5.41 Å². The van der Waals surface area contributed by atoms with Crippen molar-refractivity contribution in [2.75, 3.05) is 31.1 Å². The number of rotatable bonds is 2. The van der Waals surface area contributed by atoms with Gasteiger partial charge in [0.2, 0.25) is 5.91 Å². The van der Waals surface area contributed by atoms with Crippen molar-refractivity contribution in [3.8, 4) is 0 Å². The van der Waals surface area contributed by atoms with E-state index in [2.05, 4.69) is 20.9 Å². The Morgan fingerprint density at radius 3 is 2.44 bits per heavy atom. The van der Waals surface area contributed by atoms with Crippen LogP contribution in [-0.2, 0) is 4.79 Å². The largest absolute Gasteiger partial charge is 0.352 e. The van der Waals surface area contributed by atoms with Crippen LogP contribution in [0.5, 0.6) is 0 Å². The van der Waals surface area contributed by atoms with Gasteiger partial charge in [0.15, 0.2) is 0 Å². The van der Waals surface area contributed by atoms with E-state index in [4.69, 9.17) is 5.73 Å². The molecule has 0 radical (unpaired) electrons. The molecule has 25 heavy (non-hydrogen) atoms. The molecule has 2 aromatic heterocycles. The molecule has 2 N–H and O–H groups in total. The van der Waals surface area contributed by atoms with Crippen LogP contribution in [0.3, 0.4) is 0 Å². The first-order valence-electron chi connectivity index (χ1n) is 7.85. The zero-order chi connectivity index (χ0) is 16.6. The number of hydrogen-bond donors (Lipinski definition) is 1. The third-order valence-electron chi connectivity index (χ3n) is 4.33. The zero-order valence-corrected chi connectivity index (χ0v) is 17.1. The number of aromatic nitrogens is 2. The summed E-state index contributed by atoms with van der Waals surface area (Å²) in [5, 5.41) is 3.12. The SMILES string of the molecule is CC(C)(C)[C@H](N)C(=O)N1CCN(c2ncnc3sccc23)CC1.Cl.Cl. The summed E-state index contributed by atoms with van der Waals surface area (Å²) in [7, 11) is 0. The van der Waals surface area contributed by atoms with Crippen molar-refractivity contribution < 1.29 is 4.79 Å². The lowest BCUT2D eigenvalue weighted by molar-refractivity contribution is -0.135. The molecule has 1 fully saturated rings. The smallest absolute Gasteiger partial charge is 0.240 e. The van der Waals surface area contributed by atoms with Crippen LogP contribution in [-0.4, -0.2) is 53.0 Å². The Bertz CT molecular complexity index is 710. The maximum absolute atomic E-state index is 12.5. The lowest BCUT2D eigenvalue weighted by Crippen LogP contribution is -2.56. The quantitative estimate of drug-likeness (QED) is 0.830. The maximum Gasteiger partial charge on any atom is 0.240 e. The molecule has 1 amide bonds. The number of hydrogen-bond acceptors (Lipinski definition) is 6. The van der Waals surface area contributed by atoms with E-state index in [-0.39, 0.29) is 36.1 Å². The monoisotopic (exact) mass is 405 g/mol. The molecule has 1 aliphatic rings. The summed E-state index contributed by atoms with van der Waals surface area (Å²) in [6, 6.07) is 1.60. The molecule has 3 heterocycles. The average Bonchev–Trinajstić information content (AvgIpc) is 3.01. The number of nitrogens with zero attached hydrogens (tertiary/aromatic N) is 4. The predicted molar refractivity (Wildman–Crippen MR) is 108 cm³/mol. The summed E-state index contributed by atoms with van der Waals surface area (Å²) in [4.78, 5) is 26.3. The van der Waals surface area contributed by atoms with Gasteiger partial charge in [-0.15, -0.1) is 36.2 Å². The Morgan fingerprint density at radius 1 is 1.20 bits per heavy atom. The van der Waals surface area contributed by atoms with Crippen LogP contribution in [0.25, 0.3) is 10.2 Å². The van der Waals surface area contributed by atoms with Gasteiger partial charge in [-0.3, -0.25) is 4.79 Å². The molecule has 0 aliphatic carbocycles. The second-order valence-electron chi connectivity index (χ2n) is 6.99. The molecular weight excluding hydrogens is 381 g/mol. The highest BCUT2D eigenvalue weighted by Crippen LogP contribution is 2.27. The molecule has 6 nitrogen and oxygen atoms in total. The van der Waals surface area contributed by atoms with Gasteiger partial charge in [0.05, 0.1) is 11.4 Å². The first-order chi connectivity index (χ1) is 10.9. The number of nitrogens with two attached hydrogens (primary N) is 1. The standard InChI is InChI=1S/C16H23N5OS.2ClH/c1-16(2,3)12(17)15(22)21-7-5-20(6-8-21)13-11-4-9-23-14(11)19-10-18-13;;/h4,9-10,12H,5-8,17H2,1-3H3;2*1H/t12-;;/m1../s1. The van der Waals surface area contributed by atoms with Gasteiger partial charge in [0.1, 0.15) is 17.0 Å². The minimum Gasteiger partial charge on any atom is -0.352 e. The van der Waals surface area contributed by atoms with Gasteiger partial charge in [-0.05, 0) is 16.9 Å². The summed E-state index contributed by atoms with van der Waals surface area (Å²) in [5.41, 5.74) is 5.89. The van der Waals surface area contributed by atoms with Crippen LogP contribution in [0.1, 0.15) is 20.8 Å². The van der Waals surface area contributed by atoms with E-state index >= 15 is 0 Å². The van der Waals surface area contributed by atoms with Crippen molar-refractivity contribution in [3.63, 3.8) is 0 Å². The zero-order valence-electron chi connectivity index (χ0n) is 14.6. The lowest BCUT2D eigenvalue weighted by atomic mass is 9.86. The molecule has 1 aliphatic heterocycles. The molecule has 0 aromatic carbocycles. The highest BCUT2D eigenvalue weighted by Gasteiger charge is 2.32. The number of thiophene rings is 1. The fourth-order valence-electron chi connectivity index (χ4n) is 2.73. The Hall–Kier alpha value is -1.15. The van der Waals surface area contributed by atoms with Crippen LogP contribution in [0.15, 0.2) is 17.8 Å². The van der Waals surface area contributed by atoms with Gasteiger partial charge in [-0.2, -0.15) is 0 Å². The minimum atomic E-state index is -0.461. The second kappa shape index (κ2) is 8.49. The number of halogens is 2. The van der Waals surface area contributed by atoms with Crippen LogP contribution in [0.4, 0.5) is 5.82 Å². The Morgan fingerprint density at radius 2 is 1.84 bits per heavy atom. The van der Waals surface area contributed by atoms with Gasteiger partial charge >= 0.3 is 0 Å². The molecule has 0 spiro atoms. The van der Waals surface area contributed by atoms with Crippen LogP contribution < -0.4 is 10.6 Å². The number of carbonyl (C=O) groups is 1. The molecule has 140 valence electrons. The van der Waals surface area contributed by atoms with Crippen LogP contribution in [0.2, 0.25) is 0 Å². The van der Waals surface area contributed by atoms with Gasteiger partial charge in [-0.1, -0.05) is 20.8 Å². The number of piperazine rings is 1. The maximum atomic E-state index is 12.5. The number of anilines is 1. The van der Waals surface area contributed by atoms with Gasteiger partial charge in [0.25, 0.3) is 0 Å². The van der Waals surface area contributed by atoms with Crippen molar-refractivity contribution in [1.82, 2.24) is 14.9 Å². The highest BCUT2D eigenvalue weighted by atomic mass is 35.5. The number of fused-ring (bicyclic) bond motifs is 1. The summed E-state index contributed by atoms with van der Waals surface area (Å²) >= 11 is 1.62. The third kappa shape index (κ3) is 4.53. The lowest BCUT2D eigenvalue weighted by Gasteiger charge is -2.38. The van der Waals surface area contributed by atoms with E-state index < -0.39 is 6.04 Å². The fourth-order valence-corrected chi connectivity index (χ4v) is 3.46. The highest BCUT2D eigenvalue weighted by molar-refractivity contribution is 7.16. The number of carbonyl (C=O) groups excluding carboxylic acids is 1. The average molecular weight is 406 g/mol. The predicted octanol–water partition coefficient (Wildman–Crippen LogP) is 2.56. The minimum absolute atomic E-state index is 0.